The standard InChI is InChI=1S/2C25H25Cl2OSi.C2H6Si.2ClH.Zr/c2*1-14-7-8-17-10-18(23-9-15(2)16(3)28-23)11-20(17)24(14)19-12-21(26)25(22(27)13-19)29(4,5)6;1-3-2;;;/h2*7-13H,1-6H3;1-2H3;2*1H;/q2*-1;;;;+2/p-2. The summed E-state index contributed by atoms with van der Waals surface area (Å²) in [5, 5.41) is 10.1. The molecule has 0 fully saturated rings. The van der Waals surface area contributed by atoms with Crippen molar-refractivity contribution in [2.75, 3.05) is 0 Å². The normalized spacial score (nSPS) is 11.8. The van der Waals surface area contributed by atoms with E-state index < -0.39 is 34.1 Å². The molecular weight excluding hydrogens is 1040 g/mol. The van der Waals surface area contributed by atoms with Gasteiger partial charge in [-0.2, -0.15) is 0 Å². The third-order valence-corrected chi connectivity index (χ3v) is 37.3. The molecule has 0 amide bonds. The molecule has 8 rings (SSSR count). The Balaban J connectivity index is 0.000000189. The van der Waals surface area contributed by atoms with Gasteiger partial charge in [-0.15, -0.1) is 57.9 Å². The second-order valence-electron chi connectivity index (χ2n) is 19.1. The van der Waals surface area contributed by atoms with Crippen LogP contribution >= 0.6 is 63.4 Å². The van der Waals surface area contributed by atoms with Crippen molar-refractivity contribution >= 4 is 117 Å². The van der Waals surface area contributed by atoms with Crippen molar-refractivity contribution in [1.29, 1.82) is 0 Å². The number of halogens is 6. The number of hydrogen-bond donors (Lipinski definition) is 0. The smallest absolute Gasteiger partial charge is 0.0925 e. The Morgan fingerprint density at radius 2 is 0.797 bits per heavy atom. The summed E-state index contributed by atoms with van der Waals surface area (Å²) in [7, 11) is 7.97. The van der Waals surface area contributed by atoms with E-state index in [1.807, 2.05) is 13.8 Å². The van der Waals surface area contributed by atoms with Crippen LogP contribution in [0.1, 0.15) is 33.8 Å². The molecular formula is C52H56Cl6O2Si3Zr-2. The zero-order valence-corrected chi connectivity index (χ0v) is 49.2. The van der Waals surface area contributed by atoms with Gasteiger partial charge < -0.3 is 8.83 Å². The second-order valence-corrected chi connectivity index (χ2v) is 53.7. The van der Waals surface area contributed by atoms with Gasteiger partial charge in [0.05, 0.1) is 39.2 Å². The average molecular weight is 1100 g/mol. The molecule has 0 aliphatic carbocycles. The average Bonchev–Trinajstić information content (AvgIpc) is 3.95. The topological polar surface area (TPSA) is 26.3 Å². The summed E-state index contributed by atoms with van der Waals surface area (Å²) < 4.78 is 11.9. The van der Waals surface area contributed by atoms with E-state index in [9.17, 15) is 0 Å². The summed E-state index contributed by atoms with van der Waals surface area (Å²) in [5.41, 5.74) is 11.2. The fourth-order valence-electron chi connectivity index (χ4n) is 8.13. The predicted molar refractivity (Wildman–Crippen MR) is 289 cm³/mol. The summed E-state index contributed by atoms with van der Waals surface area (Å²) in [6.07, 6.45) is 0. The van der Waals surface area contributed by atoms with E-state index in [0.717, 1.165) is 75.8 Å². The van der Waals surface area contributed by atoms with Gasteiger partial charge in [0.25, 0.3) is 0 Å². The van der Waals surface area contributed by atoms with Crippen molar-refractivity contribution < 1.29 is 26.8 Å². The molecule has 2 nitrogen and oxygen atoms in total. The maximum atomic E-state index is 6.73. The van der Waals surface area contributed by atoms with Crippen LogP contribution in [0, 0.1) is 41.5 Å². The Kier molecular flexibility index (Phi) is 16.3. The van der Waals surface area contributed by atoms with Crippen LogP contribution in [-0.4, -0.2) is 21.6 Å². The zero-order chi connectivity index (χ0) is 47.3. The first-order valence-electron chi connectivity index (χ1n) is 21.3. The van der Waals surface area contributed by atoms with Crippen LogP contribution in [0.3, 0.4) is 0 Å². The minimum Gasteiger partial charge on any atom is -0.496 e. The Labute approximate surface area is 417 Å². The quantitative estimate of drug-likeness (QED) is 0.123. The zero-order valence-electron chi connectivity index (χ0n) is 39.2. The van der Waals surface area contributed by atoms with Gasteiger partial charge in [-0.25, -0.2) is 0 Å². The fraction of sp³-hybridized carbons (Fsp3) is 0.269. The van der Waals surface area contributed by atoms with Gasteiger partial charge in [-0.1, -0.05) is 120 Å². The van der Waals surface area contributed by atoms with E-state index in [2.05, 4.69) is 165 Å². The molecule has 0 radical (unpaired) electrons. The van der Waals surface area contributed by atoms with Crippen LogP contribution < -0.4 is 10.4 Å². The molecule has 0 bridgehead atoms. The maximum Gasteiger partial charge on any atom is 0.0925 e. The number of furan rings is 2. The monoisotopic (exact) mass is 1100 g/mol. The van der Waals surface area contributed by atoms with Crippen LogP contribution in [0.2, 0.25) is 72.5 Å². The third kappa shape index (κ3) is 11.3. The van der Waals surface area contributed by atoms with Gasteiger partial charge >= 0.3 is 53.5 Å². The molecule has 0 aliphatic rings. The SMILES string of the molecule is C[Si](C)=[Zr]([Cl])[Cl].Cc1cc(-c2cc3c(-c4cc(Cl)c([Si](C)(C)C)c(Cl)c4)c(C)ccc3[cH-]2)oc1C.Cc1cc(-c2cc3c(-c4cc(Cl)c([Si](C)(C)C)c(Cl)c4)c(C)ccc3[cH-]2)oc1C. The van der Waals surface area contributed by atoms with E-state index in [4.69, 9.17) is 72.3 Å². The summed E-state index contributed by atoms with van der Waals surface area (Å²) in [5.74, 6) is 3.74. The van der Waals surface area contributed by atoms with Crippen molar-refractivity contribution in [3.63, 3.8) is 0 Å². The van der Waals surface area contributed by atoms with Gasteiger partial charge in [0.1, 0.15) is 0 Å². The van der Waals surface area contributed by atoms with Crippen molar-refractivity contribution in [1.82, 2.24) is 0 Å². The number of rotatable bonds is 6. The number of fused-ring (bicyclic) bond motifs is 2. The van der Waals surface area contributed by atoms with E-state index >= 15 is 0 Å². The number of benzene rings is 4. The van der Waals surface area contributed by atoms with Gasteiger partial charge in [0.2, 0.25) is 0 Å². The van der Waals surface area contributed by atoms with Crippen LogP contribution in [0.5, 0.6) is 0 Å². The minimum atomic E-state index is -1.65. The number of aryl methyl sites for hydroxylation is 6. The molecule has 0 unspecified atom stereocenters. The first kappa shape index (κ1) is 51.3. The van der Waals surface area contributed by atoms with Crippen molar-refractivity contribution in [3.8, 4) is 44.9 Å². The minimum absolute atomic E-state index is 0.224. The maximum absolute atomic E-state index is 6.73. The molecule has 6 aromatic carbocycles. The predicted octanol–water partition coefficient (Wildman–Crippen LogP) is 18.7. The summed E-state index contributed by atoms with van der Waals surface area (Å²) in [6, 6.07) is 30.0. The summed E-state index contributed by atoms with van der Waals surface area (Å²) >= 11 is 25.3. The largest absolute Gasteiger partial charge is 0.496 e. The molecule has 12 heteroatoms. The Hall–Kier alpha value is -2.07. The Morgan fingerprint density at radius 3 is 1.05 bits per heavy atom. The van der Waals surface area contributed by atoms with Crippen molar-refractivity contribution in [2.24, 2.45) is 0 Å². The molecule has 8 aromatic rings. The molecule has 0 spiro atoms. The van der Waals surface area contributed by atoms with Gasteiger partial charge in [-0.05, 0) is 122 Å². The molecule has 0 N–H and O–H groups in total. The Bertz CT molecular complexity index is 2780. The molecule has 64 heavy (non-hydrogen) atoms. The van der Waals surface area contributed by atoms with Crippen molar-refractivity contribution in [3.05, 3.63) is 139 Å². The molecule has 2 aromatic heterocycles. The first-order chi connectivity index (χ1) is 29.8. The fourth-order valence-corrected chi connectivity index (χ4v) is 15.7. The summed E-state index contributed by atoms with van der Waals surface area (Å²) in [6.45, 7) is 30.4. The molecule has 336 valence electrons. The molecule has 2 heterocycles. The van der Waals surface area contributed by atoms with Gasteiger partial charge in [0.15, 0.2) is 0 Å². The van der Waals surface area contributed by atoms with Gasteiger partial charge in [0, 0.05) is 20.1 Å². The van der Waals surface area contributed by atoms with Crippen LogP contribution in [0.4, 0.5) is 0 Å². The summed E-state index contributed by atoms with van der Waals surface area (Å²) in [4.78, 5) is 0. The number of hydrogen-bond acceptors (Lipinski definition) is 2. The van der Waals surface area contributed by atoms with E-state index in [1.165, 1.54) is 54.9 Å². The van der Waals surface area contributed by atoms with Crippen molar-refractivity contribution in [2.45, 2.75) is 93.9 Å². The van der Waals surface area contributed by atoms with E-state index in [-0.39, 0.29) is 5.43 Å². The third-order valence-electron chi connectivity index (χ3n) is 11.6. The molecule has 0 saturated carbocycles. The molecule has 0 aliphatic heterocycles. The Morgan fingerprint density at radius 1 is 0.484 bits per heavy atom. The van der Waals surface area contributed by atoms with E-state index in [1.54, 1.807) is 0 Å². The second kappa shape index (κ2) is 20.3. The van der Waals surface area contributed by atoms with E-state index in [0.29, 0.717) is 0 Å². The first-order valence-corrected chi connectivity index (χ1v) is 42.3. The van der Waals surface area contributed by atoms with Crippen LogP contribution in [-0.2, 0) is 18.0 Å². The molecule has 0 atom stereocenters. The van der Waals surface area contributed by atoms with Crippen LogP contribution in [0.15, 0.2) is 93.8 Å². The van der Waals surface area contributed by atoms with Gasteiger partial charge in [-0.3, -0.25) is 0 Å². The molecule has 0 saturated heterocycles. The van der Waals surface area contributed by atoms with Crippen LogP contribution in [0.25, 0.3) is 66.4 Å².